The molecule has 2 heterocycles. The first kappa shape index (κ1) is 21.2. The molecule has 1 aliphatic heterocycles. The second-order valence-corrected chi connectivity index (χ2v) is 9.33. The van der Waals surface area contributed by atoms with E-state index in [4.69, 9.17) is 4.74 Å². The van der Waals surface area contributed by atoms with Gasteiger partial charge in [-0.3, -0.25) is 9.36 Å². The smallest absolute Gasteiger partial charge is 0.233 e. The van der Waals surface area contributed by atoms with Crippen molar-refractivity contribution in [3.8, 4) is 17.1 Å². The molecule has 30 heavy (non-hydrogen) atoms. The molecule has 1 atom stereocenters. The number of methoxy groups -OCH3 is 1. The molecule has 1 aromatic heterocycles. The van der Waals surface area contributed by atoms with Gasteiger partial charge in [0.2, 0.25) is 5.91 Å². The predicted molar refractivity (Wildman–Crippen MR) is 120 cm³/mol. The number of benzene rings is 1. The van der Waals surface area contributed by atoms with Crippen molar-refractivity contribution in [1.82, 2.24) is 19.7 Å². The summed E-state index contributed by atoms with van der Waals surface area (Å²) < 4.78 is 7.86. The second kappa shape index (κ2) is 9.86. The zero-order valence-corrected chi connectivity index (χ0v) is 18.9. The van der Waals surface area contributed by atoms with Gasteiger partial charge in [-0.2, -0.15) is 0 Å². The Morgan fingerprint density at radius 2 is 1.87 bits per heavy atom. The third kappa shape index (κ3) is 4.51. The lowest BCUT2D eigenvalue weighted by Crippen LogP contribution is -2.43. The lowest BCUT2D eigenvalue weighted by Gasteiger charge is -2.33. The number of rotatable bonds is 6. The van der Waals surface area contributed by atoms with Gasteiger partial charge in [0.15, 0.2) is 11.0 Å². The summed E-state index contributed by atoms with van der Waals surface area (Å²) in [6.45, 7) is 3.04. The lowest BCUT2D eigenvalue weighted by molar-refractivity contribution is -0.131. The molecule has 2 aromatic rings. The Bertz CT molecular complexity index is 863. The number of likely N-dealkylation sites (tertiary alicyclic amines) is 1. The Hall–Kier alpha value is -2.02. The summed E-state index contributed by atoms with van der Waals surface area (Å²) in [4.78, 5) is 14.9. The largest absolute Gasteiger partial charge is 0.496 e. The molecule has 2 fully saturated rings. The van der Waals surface area contributed by atoms with Gasteiger partial charge in [-0.15, -0.1) is 10.2 Å². The summed E-state index contributed by atoms with van der Waals surface area (Å²) in [5.74, 6) is 2.28. The van der Waals surface area contributed by atoms with Crippen molar-refractivity contribution in [3.05, 3.63) is 24.3 Å². The Morgan fingerprint density at radius 1 is 1.10 bits per heavy atom. The molecular weight excluding hydrogens is 396 g/mol. The molecule has 0 bridgehead atoms. The lowest BCUT2D eigenvalue weighted by atomic mass is 9.95. The van der Waals surface area contributed by atoms with E-state index in [1.54, 1.807) is 7.11 Å². The number of para-hydroxylation sites is 1. The molecule has 2 aliphatic rings. The van der Waals surface area contributed by atoms with Crippen LogP contribution in [0.3, 0.4) is 0 Å². The maximum Gasteiger partial charge on any atom is 0.233 e. The van der Waals surface area contributed by atoms with Crippen LogP contribution in [0.5, 0.6) is 5.75 Å². The number of piperidine rings is 1. The van der Waals surface area contributed by atoms with Gasteiger partial charge < -0.3 is 9.64 Å². The van der Waals surface area contributed by atoms with E-state index in [1.807, 2.05) is 29.2 Å². The highest BCUT2D eigenvalue weighted by atomic mass is 32.2. The first-order chi connectivity index (χ1) is 14.7. The number of hydrogen-bond acceptors (Lipinski definition) is 5. The van der Waals surface area contributed by atoms with Crippen LogP contribution in [0.15, 0.2) is 29.4 Å². The molecule has 0 N–H and O–H groups in total. The third-order valence-corrected chi connectivity index (χ3v) is 7.33. The van der Waals surface area contributed by atoms with E-state index in [-0.39, 0.29) is 5.91 Å². The van der Waals surface area contributed by atoms with E-state index in [0.29, 0.717) is 17.8 Å². The minimum atomic E-state index is 0.212. The van der Waals surface area contributed by atoms with Gasteiger partial charge in [0.1, 0.15) is 5.75 Å². The summed E-state index contributed by atoms with van der Waals surface area (Å²) in [6.07, 6.45) is 9.43. The first-order valence-electron chi connectivity index (χ1n) is 11.2. The van der Waals surface area contributed by atoms with E-state index in [9.17, 15) is 4.79 Å². The van der Waals surface area contributed by atoms with Gasteiger partial charge in [-0.1, -0.05) is 43.2 Å². The van der Waals surface area contributed by atoms with Crippen molar-refractivity contribution in [3.63, 3.8) is 0 Å². The fourth-order valence-electron chi connectivity index (χ4n) is 4.73. The summed E-state index contributed by atoms with van der Waals surface area (Å²) in [6, 6.07) is 8.69. The topological polar surface area (TPSA) is 60.3 Å². The molecule has 6 nitrogen and oxygen atoms in total. The molecular formula is C23H32N4O2S. The van der Waals surface area contributed by atoms with Crippen molar-refractivity contribution < 1.29 is 9.53 Å². The van der Waals surface area contributed by atoms with Crippen LogP contribution in [0.2, 0.25) is 0 Å². The number of aromatic nitrogens is 3. The SMILES string of the molecule is COc1ccccc1-c1nnc(SCC(=O)N2CCCC[C@H]2C)n1C1CCCCC1. The van der Waals surface area contributed by atoms with Crippen LogP contribution >= 0.6 is 11.8 Å². The van der Waals surface area contributed by atoms with Gasteiger partial charge >= 0.3 is 0 Å². The number of hydrogen-bond donors (Lipinski definition) is 0. The Morgan fingerprint density at radius 3 is 2.63 bits per heavy atom. The summed E-state index contributed by atoms with van der Waals surface area (Å²) >= 11 is 1.53. The van der Waals surface area contributed by atoms with Crippen LogP contribution < -0.4 is 4.74 Å². The van der Waals surface area contributed by atoms with Crippen LogP contribution in [0.25, 0.3) is 11.4 Å². The molecule has 1 aromatic carbocycles. The third-order valence-electron chi connectivity index (χ3n) is 6.40. The highest BCUT2D eigenvalue weighted by Gasteiger charge is 2.27. The maximum absolute atomic E-state index is 12.9. The average molecular weight is 429 g/mol. The van der Waals surface area contributed by atoms with Crippen molar-refractivity contribution in [2.75, 3.05) is 19.4 Å². The zero-order valence-electron chi connectivity index (χ0n) is 18.0. The molecule has 7 heteroatoms. The van der Waals surface area contributed by atoms with Crippen LogP contribution in [0.1, 0.15) is 64.3 Å². The molecule has 4 rings (SSSR count). The number of carbonyl (C=O) groups is 1. The average Bonchev–Trinajstić information content (AvgIpc) is 3.22. The van der Waals surface area contributed by atoms with Crippen molar-refractivity contribution in [2.45, 2.75) is 75.5 Å². The number of nitrogens with zero attached hydrogens (tertiary/aromatic N) is 4. The predicted octanol–water partition coefficient (Wildman–Crippen LogP) is 4.95. The van der Waals surface area contributed by atoms with Crippen molar-refractivity contribution in [2.24, 2.45) is 0 Å². The van der Waals surface area contributed by atoms with E-state index in [1.165, 1.54) is 37.4 Å². The van der Waals surface area contributed by atoms with Gasteiger partial charge in [0.25, 0.3) is 0 Å². The quantitative estimate of drug-likeness (QED) is 0.609. The van der Waals surface area contributed by atoms with Crippen molar-refractivity contribution in [1.29, 1.82) is 0 Å². The number of ether oxygens (including phenoxy) is 1. The number of thioether (sulfide) groups is 1. The zero-order chi connectivity index (χ0) is 20.9. The van der Waals surface area contributed by atoms with E-state index in [0.717, 1.165) is 54.5 Å². The minimum Gasteiger partial charge on any atom is -0.496 e. The first-order valence-corrected chi connectivity index (χ1v) is 12.2. The fraction of sp³-hybridized carbons (Fsp3) is 0.609. The molecule has 0 radical (unpaired) electrons. The molecule has 1 saturated carbocycles. The van der Waals surface area contributed by atoms with Gasteiger partial charge in [0, 0.05) is 18.6 Å². The summed E-state index contributed by atoms with van der Waals surface area (Å²) in [5.41, 5.74) is 0.959. The fourth-order valence-corrected chi connectivity index (χ4v) is 5.63. The summed E-state index contributed by atoms with van der Waals surface area (Å²) in [7, 11) is 1.69. The maximum atomic E-state index is 12.9. The van der Waals surface area contributed by atoms with Gasteiger partial charge in [-0.05, 0) is 51.2 Å². The Balaban J connectivity index is 1.59. The Kier molecular flexibility index (Phi) is 6.97. The second-order valence-electron chi connectivity index (χ2n) is 8.39. The molecule has 1 aliphatic carbocycles. The Labute approximate surface area is 183 Å². The molecule has 0 unspecified atom stereocenters. The van der Waals surface area contributed by atoms with Crippen molar-refractivity contribution >= 4 is 17.7 Å². The normalized spacial score (nSPS) is 20.3. The number of amides is 1. The molecule has 0 spiro atoms. The monoisotopic (exact) mass is 428 g/mol. The highest BCUT2D eigenvalue weighted by Crippen LogP contribution is 2.38. The van der Waals surface area contributed by atoms with Gasteiger partial charge in [-0.25, -0.2) is 0 Å². The minimum absolute atomic E-state index is 0.212. The highest BCUT2D eigenvalue weighted by molar-refractivity contribution is 7.99. The van der Waals surface area contributed by atoms with E-state index >= 15 is 0 Å². The molecule has 1 amide bonds. The number of carbonyl (C=O) groups excluding carboxylic acids is 1. The summed E-state index contributed by atoms with van der Waals surface area (Å²) in [5, 5.41) is 9.94. The molecule has 162 valence electrons. The van der Waals surface area contributed by atoms with E-state index in [2.05, 4.69) is 21.7 Å². The molecule has 1 saturated heterocycles. The van der Waals surface area contributed by atoms with E-state index < -0.39 is 0 Å². The van der Waals surface area contributed by atoms with Crippen LogP contribution in [-0.2, 0) is 4.79 Å². The van der Waals surface area contributed by atoms with Crippen LogP contribution in [-0.4, -0.2) is 51.0 Å². The van der Waals surface area contributed by atoms with Crippen LogP contribution in [0.4, 0.5) is 0 Å². The standard InChI is InChI=1S/C23H32N4O2S/c1-17-10-8-9-15-26(17)21(28)16-30-23-25-24-22(19-13-6-7-14-20(19)29-2)27(23)18-11-4-3-5-12-18/h6-7,13-14,17-18H,3-5,8-12,15-16H2,1-2H3/t17-/m1/s1. The van der Waals surface area contributed by atoms with Gasteiger partial charge in [0.05, 0.1) is 18.4 Å². The van der Waals surface area contributed by atoms with Crippen LogP contribution in [0, 0.1) is 0 Å².